The molecule has 1 heterocycles. The predicted octanol–water partition coefficient (Wildman–Crippen LogP) is 2.66. The molecule has 0 radical (unpaired) electrons. The fraction of sp³-hybridized carbons (Fsp3) is 0.571. The van der Waals surface area contributed by atoms with E-state index in [2.05, 4.69) is 10.3 Å². The molecule has 4 nitrogen and oxygen atoms in total. The minimum atomic E-state index is -0.375. The number of carbonyl (C=O) groups excluding carboxylic acids is 1. The molecule has 1 N–H and O–H groups in total. The van der Waals surface area contributed by atoms with Gasteiger partial charge in [0.1, 0.15) is 5.82 Å². The maximum atomic E-state index is 12.1. The molecule has 0 aliphatic heterocycles. The van der Waals surface area contributed by atoms with Crippen molar-refractivity contribution < 1.29 is 4.79 Å². The van der Waals surface area contributed by atoms with Crippen LogP contribution in [0.5, 0.6) is 0 Å². The summed E-state index contributed by atoms with van der Waals surface area (Å²) in [5.74, 6) is 0.977. The van der Waals surface area contributed by atoms with Crippen molar-refractivity contribution in [1.29, 1.82) is 0 Å². The molecule has 4 heteroatoms. The standard InChI is InChI=1S/C14H21N3O/c1-14(2,3)13(18)17(4)11-7-8-12(15-9-11)16-10-5-6-10/h7-10H,5-6H2,1-4H3,(H,15,16). The summed E-state index contributed by atoms with van der Waals surface area (Å²) in [7, 11) is 1.79. The lowest BCUT2D eigenvalue weighted by Crippen LogP contribution is -2.36. The second-order valence-electron chi connectivity index (χ2n) is 5.93. The summed E-state index contributed by atoms with van der Waals surface area (Å²) in [4.78, 5) is 18.1. The number of rotatable bonds is 3. The number of amides is 1. The summed E-state index contributed by atoms with van der Waals surface area (Å²) in [6, 6.07) is 4.46. The van der Waals surface area contributed by atoms with Gasteiger partial charge in [0, 0.05) is 18.5 Å². The second-order valence-corrected chi connectivity index (χ2v) is 5.93. The van der Waals surface area contributed by atoms with E-state index in [9.17, 15) is 4.79 Å². The van der Waals surface area contributed by atoms with Crippen LogP contribution < -0.4 is 10.2 Å². The molecule has 0 saturated heterocycles. The Kier molecular flexibility index (Phi) is 3.28. The first kappa shape index (κ1) is 12.9. The van der Waals surface area contributed by atoms with Crippen LogP contribution >= 0.6 is 0 Å². The van der Waals surface area contributed by atoms with E-state index in [0.29, 0.717) is 6.04 Å². The highest BCUT2D eigenvalue weighted by Crippen LogP contribution is 2.25. The first-order chi connectivity index (χ1) is 8.38. The zero-order valence-electron chi connectivity index (χ0n) is 11.5. The normalized spacial score (nSPS) is 15.3. The van der Waals surface area contributed by atoms with E-state index in [4.69, 9.17) is 0 Å². The molecule has 18 heavy (non-hydrogen) atoms. The van der Waals surface area contributed by atoms with Gasteiger partial charge in [-0.2, -0.15) is 0 Å². The number of anilines is 2. The Morgan fingerprint density at radius 1 is 1.39 bits per heavy atom. The highest BCUT2D eigenvalue weighted by molar-refractivity contribution is 5.96. The van der Waals surface area contributed by atoms with Crippen LogP contribution in [0.1, 0.15) is 33.6 Å². The van der Waals surface area contributed by atoms with Crippen molar-refractivity contribution in [1.82, 2.24) is 4.98 Å². The van der Waals surface area contributed by atoms with E-state index >= 15 is 0 Å². The van der Waals surface area contributed by atoms with E-state index < -0.39 is 0 Å². The van der Waals surface area contributed by atoms with Crippen molar-refractivity contribution in [2.24, 2.45) is 5.41 Å². The number of pyridine rings is 1. The first-order valence-corrected chi connectivity index (χ1v) is 6.38. The van der Waals surface area contributed by atoms with Gasteiger partial charge in [-0.05, 0) is 25.0 Å². The van der Waals surface area contributed by atoms with Gasteiger partial charge in [-0.1, -0.05) is 20.8 Å². The molecule has 0 unspecified atom stereocenters. The van der Waals surface area contributed by atoms with Crippen molar-refractivity contribution in [3.8, 4) is 0 Å². The molecule has 1 saturated carbocycles. The van der Waals surface area contributed by atoms with Crippen LogP contribution in [-0.2, 0) is 4.79 Å². The number of hydrogen-bond donors (Lipinski definition) is 1. The van der Waals surface area contributed by atoms with E-state index in [1.54, 1.807) is 18.1 Å². The van der Waals surface area contributed by atoms with Crippen molar-refractivity contribution in [2.45, 2.75) is 39.7 Å². The van der Waals surface area contributed by atoms with Crippen molar-refractivity contribution >= 4 is 17.4 Å². The van der Waals surface area contributed by atoms with Gasteiger partial charge < -0.3 is 10.2 Å². The quantitative estimate of drug-likeness (QED) is 0.893. The van der Waals surface area contributed by atoms with Gasteiger partial charge in [-0.15, -0.1) is 0 Å². The Hall–Kier alpha value is -1.58. The Bertz CT molecular complexity index is 429. The fourth-order valence-corrected chi connectivity index (χ4v) is 1.73. The zero-order valence-corrected chi connectivity index (χ0v) is 11.5. The highest BCUT2D eigenvalue weighted by Gasteiger charge is 2.26. The van der Waals surface area contributed by atoms with Crippen LogP contribution in [-0.4, -0.2) is 24.0 Å². The Morgan fingerprint density at radius 3 is 2.50 bits per heavy atom. The van der Waals surface area contributed by atoms with E-state index in [-0.39, 0.29) is 11.3 Å². The minimum Gasteiger partial charge on any atom is -0.367 e. The Morgan fingerprint density at radius 2 is 2.06 bits per heavy atom. The number of hydrogen-bond acceptors (Lipinski definition) is 3. The Balaban J connectivity index is 2.06. The smallest absolute Gasteiger partial charge is 0.232 e. The minimum absolute atomic E-state index is 0.0900. The molecule has 2 rings (SSSR count). The number of nitrogens with one attached hydrogen (secondary N) is 1. The van der Waals surface area contributed by atoms with Crippen LogP contribution in [0.2, 0.25) is 0 Å². The molecular weight excluding hydrogens is 226 g/mol. The van der Waals surface area contributed by atoms with Gasteiger partial charge in [0.25, 0.3) is 0 Å². The number of nitrogens with zero attached hydrogens (tertiary/aromatic N) is 2. The van der Waals surface area contributed by atoms with Crippen molar-refractivity contribution in [2.75, 3.05) is 17.3 Å². The number of carbonyl (C=O) groups is 1. The van der Waals surface area contributed by atoms with Crippen LogP contribution in [0.3, 0.4) is 0 Å². The molecule has 1 amide bonds. The van der Waals surface area contributed by atoms with E-state index in [0.717, 1.165) is 11.5 Å². The lowest BCUT2D eigenvalue weighted by Gasteiger charge is -2.25. The molecule has 0 aromatic carbocycles. The van der Waals surface area contributed by atoms with E-state index in [1.165, 1.54) is 12.8 Å². The molecule has 1 aliphatic rings. The molecule has 1 aromatic rings. The largest absolute Gasteiger partial charge is 0.367 e. The summed E-state index contributed by atoms with van der Waals surface area (Å²) >= 11 is 0. The maximum Gasteiger partial charge on any atom is 0.232 e. The third kappa shape index (κ3) is 3.00. The van der Waals surface area contributed by atoms with E-state index in [1.807, 2.05) is 32.9 Å². The van der Waals surface area contributed by atoms with Gasteiger partial charge in [0.2, 0.25) is 5.91 Å². The summed E-state index contributed by atoms with van der Waals surface area (Å²) in [5.41, 5.74) is 0.455. The van der Waals surface area contributed by atoms with Gasteiger partial charge in [0.15, 0.2) is 0 Å². The average molecular weight is 247 g/mol. The topological polar surface area (TPSA) is 45.2 Å². The van der Waals surface area contributed by atoms with Crippen LogP contribution in [0.15, 0.2) is 18.3 Å². The molecule has 0 bridgehead atoms. The summed E-state index contributed by atoms with van der Waals surface area (Å²) < 4.78 is 0. The SMILES string of the molecule is CN(C(=O)C(C)(C)C)c1ccc(NC2CC2)nc1. The van der Waals surface area contributed by atoms with Gasteiger partial charge in [-0.25, -0.2) is 4.98 Å². The lowest BCUT2D eigenvalue weighted by molar-refractivity contribution is -0.125. The maximum absolute atomic E-state index is 12.1. The molecule has 1 aliphatic carbocycles. The second kappa shape index (κ2) is 4.59. The third-order valence-corrected chi connectivity index (χ3v) is 3.01. The lowest BCUT2D eigenvalue weighted by atomic mass is 9.95. The fourth-order valence-electron chi connectivity index (χ4n) is 1.73. The first-order valence-electron chi connectivity index (χ1n) is 6.38. The van der Waals surface area contributed by atoms with Crippen LogP contribution in [0.25, 0.3) is 0 Å². The summed E-state index contributed by atoms with van der Waals surface area (Å²) in [6.07, 6.45) is 4.20. The van der Waals surface area contributed by atoms with Gasteiger partial charge >= 0.3 is 0 Å². The highest BCUT2D eigenvalue weighted by atomic mass is 16.2. The molecule has 1 aromatic heterocycles. The monoisotopic (exact) mass is 247 g/mol. The Labute approximate surface area is 108 Å². The molecule has 0 spiro atoms. The summed E-state index contributed by atoms with van der Waals surface area (Å²) in [5, 5.41) is 3.33. The van der Waals surface area contributed by atoms with Gasteiger partial charge in [-0.3, -0.25) is 4.79 Å². The predicted molar refractivity (Wildman–Crippen MR) is 73.7 cm³/mol. The van der Waals surface area contributed by atoms with Crippen molar-refractivity contribution in [3.05, 3.63) is 18.3 Å². The zero-order chi connectivity index (χ0) is 13.3. The van der Waals surface area contributed by atoms with Crippen LogP contribution in [0.4, 0.5) is 11.5 Å². The van der Waals surface area contributed by atoms with Crippen LogP contribution in [0, 0.1) is 5.41 Å². The molecular formula is C14H21N3O. The molecule has 1 fully saturated rings. The molecule has 0 atom stereocenters. The molecule has 98 valence electrons. The average Bonchev–Trinajstić information content (AvgIpc) is 3.11. The number of aromatic nitrogens is 1. The van der Waals surface area contributed by atoms with Gasteiger partial charge in [0.05, 0.1) is 11.9 Å². The van der Waals surface area contributed by atoms with Crippen molar-refractivity contribution in [3.63, 3.8) is 0 Å². The summed E-state index contributed by atoms with van der Waals surface area (Å²) in [6.45, 7) is 5.76. The third-order valence-electron chi connectivity index (χ3n) is 3.01.